The minimum atomic E-state index is -0.496. The highest BCUT2D eigenvalue weighted by Gasteiger charge is 2.18. The summed E-state index contributed by atoms with van der Waals surface area (Å²) in [6.45, 7) is 2.15. The normalized spacial score (nSPS) is 10.4. The van der Waals surface area contributed by atoms with Crippen molar-refractivity contribution in [1.82, 2.24) is 9.78 Å². The fourth-order valence-corrected chi connectivity index (χ4v) is 2.55. The van der Waals surface area contributed by atoms with E-state index in [2.05, 4.69) is 10.4 Å². The number of carbonyl (C=O) groups is 1. The van der Waals surface area contributed by atoms with Gasteiger partial charge in [-0.2, -0.15) is 5.10 Å². The van der Waals surface area contributed by atoms with E-state index in [0.717, 1.165) is 5.56 Å². The van der Waals surface area contributed by atoms with Gasteiger partial charge in [0.15, 0.2) is 0 Å². The molecule has 0 bridgehead atoms. The lowest BCUT2D eigenvalue weighted by Crippen LogP contribution is -2.13. The fourth-order valence-electron chi connectivity index (χ4n) is 2.55. The molecule has 0 fully saturated rings. The van der Waals surface area contributed by atoms with Crippen LogP contribution in [-0.4, -0.2) is 20.6 Å². The Hall–Kier alpha value is -3.48. The average Bonchev–Trinajstić information content (AvgIpc) is 3.02. The predicted molar refractivity (Wildman–Crippen MR) is 93.6 cm³/mol. The van der Waals surface area contributed by atoms with Gasteiger partial charge in [-0.15, -0.1) is 0 Å². The molecule has 3 rings (SSSR count). The van der Waals surface area contributed by atoms with Crippen LogP contribution < -0.4 is 5.32 Å². The van der Waals surface area contributed by atoms with E-state index in [1.807, 2.05) is 30.3 Å². The molecule has 0 spiro atoms. The van der Waals surface area contributed by atoms with E-state index in [0.29, 0.717) is 17.8 Å². The van der Waals surface area contributed by atoms with E-state index in [-0.39, 0.29) is 11.3 Å². The van der Waals surface area contributed by atoms with Crippen LogP contribution in [0.1, 0.15) is 21.5 Å². The van der Waals surface area contributed by atoms with E-state index >= 15 is 0 Å². The predicted octanol–water partition coefficient (Wildman–Crippen LogP) is 3.40. The Kier molecular flexibility index (Phi) is 4.56. The van der Waals surface area contributed by atoms with Crippen molar-refractivity contribution >= 4 is 17.3 Å². The zero-order valence-corrected chi connectivity index (χ0v) is 13.5. The van der Waals surface area contributed by atoms with Crippen LogP contribution in [0.15, 0.2) is 60.9 Å². The fraction of sp³-hybridized carbons (Fsp3) is 0.111. The molecule has 0 aliphatic heterocycles. The van der Waals surface area contributed by atoms with Crippen molar-refractivity contribution < 1.29 is 9.72 Å². The van der Waals surface area contributed by atoms with Gasteiger partial charge in [0.05, 0.1) is 23.4 Å². The van der Waals surface area contributed by atoms with Crippen LogP contribution in [0, 0.1) is 17.0 Å². The van der Waals surface area contributed by atoms with Gasteiger partial charge in [0.25, 0.3) is 11.6 Å². The molecule has 7 heteroatoms. The molecule has 1 N–H and O–H groups in total. The molecular formula is C18H16N4O3. The van der Waals surface area contributed by atoms with Gasteiger partial charge in [-0.05, 0) is 18.6 Å². The molecule has 7 nitrogen and oxygen atoms in total. The Morgan fingerprint density at radius 1 is 1.20 bits per heavy atom. The third-order valence-electron chi connectivity index (χ3n) is 3.83. The molecule has 0 radical (unpaired) electrons. The van der Waals surface area contributed by atoms with Gasteiger partial charge in [-0.25, -0.2) is 0 Å². The first-order valence-corrected chi connectivity index (χ1v) is 7.66. The Morgan fingerprint density at radius 3 is 2.68 bits per heavy atom. The molecule has 0 saturated heterocycles. The van der Waals surface area contributed by atoms with Crippen molar-refractivity contribution in [1.29, 1.82) is 0 Å². The minimum absolute atomic E-state index is 0.0765. The lowest BCUT2D eigenvalue weighted by atomic mass is 10.1. The number of benzene rings is 2. The Labute approximate surface area is 144 Å². The van der Waals surface area contributed by atoms with E-state index in [9.17, 15) is 14.9 Å². The first-order valence-electron chi connectivity index (χ1n) is 7.66. The lowest BCUT2D eigenvalue weighted by molar-refractivity contribution is -0.385. The summed E-state index contributed by atoms with van der Waals surface area (Å²) < 4.78 is 1.71. The summed E-state index contributed by atoms with van der Waals surface area (Å²) in [6, 6.07) is 14.3. The minimum Gasteiger partial charge on any atom is -0.319 e. The topological polar surface area (TPSA) is 90.1 Å². The molecule has 0 saturated carbocycles. The third kappa shape index (κ3) is 3.72. The van der Waals surface area contributed by atoms with Crippen molar-refractivity contribution in [2.45, 2.75) is 13.5 Å². The molecule has 0 aliphatic rings. The number of nitro groups is 1. The summed E-state index contributed by atoms with van der Waals surface area (Å²) in [5.41, 5.74) is 2.16. The quantitative estimate of drug-likeness (QED) is 0.571. The maximum absolute atomic E-state index is 12.4. The molecule has 25 heavy (non-hydrogen) atoms. The number of aromatic nitrogens is 2. The molecule has 126 valence electrons. The van der Waals surface area contributed by atoms with E-state index < -0.39 is 10.8 Å². The van der Waals surface area contributed by atoms with Crippen molar-refractivity contribution in [2.75, 3.05) is 5.32 Å². The third-order valence-corrected chi connectivity index (χ3v) is 3.83. The number of amides is 1. The van der Waals surface area contributed by atoms with E-state index in [1.165, 1.54) is 12.1 Å². The highest BCUT2D eigenvalue weighted by atomic mass is 16.6. The van der Waals surface area contributed by atoms with Crippen LogP contribution in [-0.2, 0) is 6.54 Å². The summed E-state index contributed by atoms with van der Waals surface area (Å²) >= 11 is 0. The van der Waals surface area contributed by atoms with E-state index in [4.69, 9.17) is 0 Å². The number of rotatable bonds is 5. The van der Waals surface area contributed by atoms with Crippen LogP contribution >= 0.6 is 0 Å². The second-order valence-electron chi connectivity index (χ2n) is 5.57. The van der Waals surface area contributed by atoms with Crippen LogP contribution in [0.5, 0.6) is 0 Å². The Bertz CT molecular complexity index is 919. The smallest absolute Gasteiger partial charge is 0.273 e. The number of hydrogen-bond donors (Lipinski definition) is 1. The number of hydrogen-bond acceptors (Lipinski definition) is 4. The maximum atomic E-state index is 12.4. The molecular weight excluding hydrogens is 320 g/mol. The van der Waals surface area contributed by atoms with Crippen LogP contribution in [0.4, 0.5) is 11.4 Å². The standard InChI is InChI=1S/C18H16N4O3/c1-13-16(8-5-9-17(13)22(24)25)18(23)20-15-10-19-21(12-15)11-14-6-3-2-4-7-14/h2-10,12H,11H2,1H3,(H,20,23). The van der Waals surface area contributed by atoms with Gasteiger partial charge in [0.2, 0.25) is 0 Å². The summed E-state index contributed by atoms with van der Waals surface area (Å²) in [4.78, 5) is 22.9. The van der Waals surface area contributed by atoms with Gasteiger partial charge >= 0.3 is 0 Å². The van der Waals surface area contributed by atoms with Gasteiger partial charge in [-0.1, -0.05) is 36.4 Å². The Morgan fingerprint density at radius 2 is 1.96 bits per heavy atom. The molecule has 0 unspecified atom stereocenters. The van der Waals surface area contributed by atoms with Crippen LogP contribution in [0.25, 0.3) is 0 Å². The largest absolute Gasteiger partial charge is 0.319 e. The highest BCUT2D eigenvalue weighted by molar-refractivity contribution is 6.05. The highest BCUT2D eigenvalue weighted by Crippen LogP contribution is 2.22. The molecule has 0 atom stereocenters. The van der Waals surface area contributed by atoms with Crippen molar-refractivity contribution in [3.63, 3.8) is 0 Å². The molecule has 2 aromatic carbocycles. The molecule has 0 aliphatic carbocycles. The van der Waals surface area contributed by atoms with Crippen molar-refractivity contribution in [3.05, 3.63) is 87.7 Å². The van der Waals surface area contributed by atoms with E-state index in [1.54, 1.807) is 30.1 Å². The van der Waals surface area contributed by atoms with Gasteiger partial charge in [0.1, 0.15) is 0 Å². The summed E-state index contributed by atoms with van der Waals surface area (Å²) in [5.74, 6) is -0.402. The van der Waals surface area contributed by atoms with Gasteiger partial charge in [-0.3, -0.25) is 19.6 Å². The number of carbonyl (C=O) groups excluding carboxylic acids is 1. The zero-order chi connectivity index (χ0) is 17.8. The first-order chi connectivity index (χ1) is 12.0. The molecule has 3 aromatic rings. The number of nitrogens with one attached hydrogen (secondary N) is 1. The lowest BCUT2D eigenvalue weighted by Gasteiger charge is -2.06. The zero-order valence-electron chi connectivity index (χ0n) is 13.5. The average molecular weight is 336 g/mol. The van der Waals surface area contributed by atoms with Crippen LogP contribution in [0.3, 0.4) is 0 Å². The number of nitrogens with zero attached hydrogens (tertiary/aromatic N) is 3. The maximum Gasteiger partial charge on any atom is 0.273 e. The van der Waals surface area contributed by atoms with Crippen LogP contribution in [0.2, 0.25) is 0 Å². The SMILES string of the molecule is Cc1c(C(=O)Nc2cnn(Cc3ccccc3)c2)cccc1[N+](=O)[O-]. The number of anilines is 1. The molecule has 1 heterocycles. The summed E-state index contributed by atoms with van der Waals surface area (Å²) in [6.07, 6.45) is 3.27. The van der Waals surface area contributed by atoms with Gasteiger partial charge in [0, 0.05) is 23.4 Å². The monoisotopic (exact) mass is 336 g/mol. The van der Waals surface area contributed by atoms with Crippen molar-refractivity contribution in [2.24, 2.45) is 0 Å². The molecule has 1 aromatic heterocycles. The summed E-state index contributed by atoms with van der Waals surface area (Å²) in [7, 11) is 0. The first kappa shape index (κ1) is 16.4. The second kappa shape index (κ2) is 6.96. The summed E-state index contributed by atoms with van der Waals surface area (Å²) in [5, 5.41) is 17.9. The van der Waals surface area contributed by atoms with Gasteiger partial charge < -0.3 is 5.32 Å². The molecule has 1 amide bonds. The van der Waals surface area contributed by atoms with Crippen molar-refractivity contribution in [3.8, 4) is 0 Å². The number of nitro benzene ring substituents is 1. The Balaban J connectivity index is 1.74. The second-order valence-corrected chi connectivity index (χ2v) is 5.57.